The normalized spacial score (nSPS) is 16.5. The van der Waals surface area contributed by atoms with Gasteiger partial charge in [-0.2, -0.15) is 5.26 Å². The van der Waals surface area contributed by atoms with Crippen molar-refractivity contribution in [2.24, 2.45) is 0 Å². The standard InChI is InChI=1S/C23H26FN3O3S/c1-17-6-11-21(24)22(15-17)27-13-4-5-19(16-27)26-23(28)18-7-9-20(10-8-18)31(29,30)14-3-2-12-25/h6-11,15,19H,2-5,13-14,16H2,1H3,(H,26,28). The zero-order chi connectivity index (χ0) is 22.4. The van der Waals surface area contributed by atoms with Crippen molar-refractivity contribution in [1.29, 1.82) is 5.26 Å². The summed E-state index contributed by atoms with van der Waals surface area (Å²) >= 11 is 0. The molecular weight excluding hydrogens is 417 g/mol. The monoisotopic (exact) mass is 443 g/mol. The first kappa shape index (κ1) is 22.8. The maximum atomic E-state index is 14.2. The highest BCUT2D eigenvalue weighted by atomic mass is 32.2. The summed E-state index contributed by atoms with van der Waals surface area (Å²) < 4.78 is 38.8. The lowest BCUT2D eigenvalue weighted by Gasteiger charge is -2.35. The first-order chi connectivity index (χ1) is 14.8. The van der Waals surface area contributed by atoms with Crippen molar-refractivity contribution in [3.63, 3.8) is 0 Å². The Balaban J connectivity index is 1.63. The molecule has 0 saturated carbocycles. The van der Waals surface area contributed by atoms with E-state index in [2.05, 4.69) is 5.32 Å². The number of nitrogens with one attached hydrogen (secondary N) is 1. The first-order valence-corrected chi connectivity index (χ1v) is 12.0. The average Bonchev–Trinajstić information content (AvgIpc) is 2.76. The smallest absolute Gasteiger partial charge is 0.251 e. The third kappa shape index (κ3) is 5.82. The van der Waals surface area contributed by atoms with Crippen molar-refractivity contribution >= 4 is 21.4 Å². The van der Waals surface area contributed by atoms with E-state index < -0.39 is 9.84 Å². The molecule has 2 aromatic rings. The maximum absolute atomic E-state index is 14.2. The van der Waals surface area contributed by atoms with Crippen LogP contribution in [-0.2, 0) is 9.84 Å². The molecule has 1 aliphatic rings. The molecule has 1 unspecified atom stereocenters. The number of nitriles is 1. The minimum absolute atomic E-state index is 0.0977. The molecule has 1 aliphatic heterocycles. The molecule has 1 N–H and O–H groups in total. The van der Waals surface area contributed by atoms with E-state index in [0.717, 1.165) is 24.9 Å². The van der Waals surface area contributed by atoms with Crippen molar-refractivity contribution in [1.82, 2.24) is 5.32 Å². The number of anilines is 1. The van der Waals surface area contributed by atoms with E-state index in [9.17, 15) is 17.6 Å². The van der Waals surface area contributed by atoms with Crippen molar-refractivity contribution in [3.8, 4) is 6.07 Å². The van der Waals surface area contributed by atoms with Gasteiger partial charge in [0, 0.05) is 31.1 Å². The molecule has 0 spiro atoms. The second kappa shape index (κ2) is 9.92. The molecule has 31 heavy (non-hydrogen) atoms. The number of amides is 1. The summed E-state index contributed by atoms with van der Waals surface area (Å²) in [6, 6.07) is 12.6. The predicted octanol–water partition coefficient (Wildman–Crippen LogP) is 3.61. The number of sulfone groups is 1. The number of rotatable bonds is 7. The Morgan fingerprint density at radius 3 is 2.71 bits per heavy atom. The van der Waals surface area contributed by atoms with E-state index in [1.54, 1.807) is 6.07 Å². The highest BCUT2D eigenvalue weighted by Gasteiger charge is 2.24. The number of benzene rings is 2. The number of aryl methyl sites for hydroxylation is 1. The minimum atomic E-state index is -3.47. The lowest BCUT2D eigenvalue weighted by molar-refractivity contribution is 0.0933. The molecule has 0 bridgehead atoms. The van der Waals surface area contributed by atoms with Crippen LogP contribution in [0.2, 0.25) is 0 Å². The van der Waals surface area contributed by atoms with Crippen molar-refractivity contribution in [2.75, 3.05) is 23.7 Å². The lowest BCUT2D eigenvalue weighted by Crippen LogP contribution is -2.48. The molecule has 164 valence electrons. The van der Waals surface area contributed by atoms with Crippen molar-refractivity contribution < 1.29 is 17.6 Å². The van der Waals surface area contributed by atoms with Crippen LogP contribution in [0, 0.1) is 24.1 Å². The maximum Gasteiger partial charge on any atom is 0.251 e. The summed E-state index contributed by atoms with van der Waals surface area (Å²) in [6.45, 7) is 3.15. The molecule has 0 aliphatic carbocycles. The second-order valence-corrected chi connectivity index (χ2v) is 9.93. The van der Waals surface area contributed by atoms with E-state index in [4.69, 9.17) is 5.26 Å². The number of carbonyl (C=O) groups is 1. The third-order valence-electron chi connectivity index (χ3n) is 5.38. The second-order valence-electron chi connectivity index (χ2n) is 7.82. The van der Waals surface area contributed by atoms with Gasteiger partial charge in [0.25, 0.3) is 5.91 Å². The van der Waals surface area contributed by atoms with Gasteiger partial charge in [0.2, 0.25) is 0 Å². The van der Waals surface area contributed by atoms with Crippen molar-refractivity contribution in [2.45, 2.75) is 43.5 Å². The molecule has 1 fully saturated rings. The summed E-state index contributed by atoms with van der Waals surface area (Å²) in [7, 11) is -3.47. The predicted molar refractivity (Wildman–Crippen MR) is 117 cm³/mol. The molecule has 0 aromatic heterocycles. The number of hydrogen-bond acceptors (Lipinski definition) is 5. The average molecular weight is 444 g/mol. The van der Waals surface area contributed by atoms with E-state index in [0.29, 0.717) is 17.8 Å². The topological polar surface area (TPSA) is 90.3 Å². The van der Waals surface area contributed by atoms with Crippen LogP contribution >= 0.6 is 0 Å². The largest absolute Gasteiger partial charge is 0.367 e. The number of unbranched alkanes of at least 4 members (excludes halogenated alkanes) is 1. The quantitative estimate of drug-likeness (QED) is 0.660. The summed E-state index contributed by atoms with van der Waals surface area (Å²) in [5, 5.41) is 11.5. The molecule has 1 saturated heterocycles. The van der Waals surface area contributed by atoms with E-state index in [1.165, 1.54) is 30.3 Å². The fourth-order valence-corrected chi connectivity index (χ4v) is 5.03. The number of hydrogen-bond donors (Lipinski definition) is 1. The van der Waals surface area contributed by atoms with Crippen LogP contribution in [0.5, 0.6) is 0 Å². The minimum Gasteiger partial charge on any atom is -0.367 e. The van der Waals surface area contributed by atoms with Crippen LogP contribution in [-0.4, -0.2) is 39.2 Å². The number of nitrogens with zero attached hydrogens (tertiary/aromatic N) is 2. The van der Waals surface area contributed by atoms with Gasteiger partial charge >= 0.3 is 0 Å². The van der Waals surface area contributed by atoms with Gasteiger partial charge in [-0.15, -0.1) is 0 Å². The molecule has 1 atom stereocenters. The summed E-state index contributed by atoms with van der Waals surface area (Å²) in [5.74, 6) is -0.659. The molecule has 1 amide bonds. The van der Waals surface area contributed by atoms with E-state index in [1.807, 2.05) is 24.0 Å². The zero-order valence-corrected chi connectivity index (χ0v) is 18.3. The van der Waals surface area contributed by atoms with Gasteiger partial charge in [-0.05, 0) is 68.1 Å². The Labute approximate surface area is 182 Å². The van der Waals surface area contributed by atoms with Crippen LogP contribution in [0.4, 0.5) is 10.1 Å². The Morgan fingerprint density at radius 1 is 1.26 bits per heavy atom. The molecule has 2 aromatic carbocycles. The van der Waals surface area contributed by atoms with E-state index in [-0.39, 0.29) is 41.3 Å². The molecule has 0 radical (unpaired) electrons. The van der Waals surface area contributed by atoms with Crippen LogP contribution in [0.25, 0.3) is 0 Å². The Hall–Kier alpha value is -2.92. The van der Waals surface area contributed by atoms with Gasteiger partial charge in [0.15, 0.2) is 9.84 Å². The fraction of sp³-hybridized carbons (Fsp3) is 0.391. The number of carbonyl (C=O) groups excluding carboxylic acids is 1. The van der Waals surface area contributed by atoms with Gasteiger partial charge < -0.3 is 10.2 Å². The van der Waals surface area contributed by atoms with Crippen LogP contribution in [0.3, 0.4) is 0 Å². The van der Waals surface area contributed by atoms with Crippen LogP contribution in [0.15, 0.2) is 47.4 Å². The Morgan fingerprint density at radius 2 is 2.00 bits per heavy atom. The zero-order valence-electron chi connectivity index (χ0n) is 17.5. The van der Waals surface area contributed by atoms with Gasteiger partial charge in [0.05, 0.1) is 22.4 Å². The molecule has 1 heterocycles. The lowest BCUT2D eigenvalue weighted by atomic mass is 10.0. The Kier molecular flexibility index (Phi) is 7.29. The summed E-state index contributed by atoms with van der Waals surface area (Å²) in [4.78, 5) is 14.8. The van der Waals surface area contributed by atoms with E-state index >= 15 is 0 Å². The van der Waals surface area contributed by atoms with Crippen LogP contribution < -0.4 is 10.2 Å². The molecule has 6 nitrogen and oxygen atoms in total. The number of piperidine rings is 1. The highest BCUT2D eigenvalue weighted by Crippen LogP contribution is 2.24. The SMILES string of the molecule is Cc1ccc(F)c(N2CCCC(NC(=O)c3ccc(S(=O)(=O)CCCC#N)cc3)C2)c1. The third-order valence-corrected chi connectivity index (χ3v) is 7.19. The Bertz CT molecular complexity index is 1080. The summed E-state index contributed by atoms with van der Waals surface area (Å²) in [6.07, 6.45) is 2.09. The van der Waals surface area contributed by atoms with Gasteiger partial charge in [-0.25, -0.2) is 12.8 Å². The molecular formula is C23H26FN3O3S. The molecule has 3 rings (SSSR count). The fourth-order valence-electron chi connectivity index (χ4n) is 3.72. The first-order valence-electron chi connectivity index (χ1n) is 10.3. The van der Waals surface area contributed by atoms with Crippen LogP contribution in [0.1, 0.15) is 41.6 Å². The summed E-state index contributed by atoms with van der Waals surface area (Å²) in [5.41, 5.74) is 1.89. The van der Waals surface area contributed by atoms with Gasteiger partial charge in [-0.3, -0.25) is 4.79 Å². The van der Waals surface area contributed by atoms with Gasteiger partial charge in [0.1, 0.15) is 5.82 Å². The van der Waals surface area contributed by atoms with Crippen molar-refractivity contribution in [3.05, 3.63) is 59.4 Å². The van der Waals surface area contributed by atoms with Gasteiger partial charge in [-0.1, -0.05) is 6.07 Å². The number of halogens is 1. The molecule has 8 heteroatoms. The highest BCUT2D eigenvalue weighted by molar-refractivity contribution is 7.91.